The van der Waals surface area contributed by atoms with Gasteiger partial charge in [0.25, 0.3) is 0 Å². The zero-order valence-corrected chi connectivity index (χ0v) is 12.0. The fourth-order valence-electron chi connectivity index (χ4n) is 2.69. The number of fused-ring (bicyclic) bond motifs is 1. The Kier molecular flexibility index (Phi) is 4.75. The van der Waals surface area contributed by atoms with E-state index in [0.717, 1.165) is 31.7 Å². The molecule has 0 bridgehead atoms. The molecule has 3 rings (SSSR count). The summed E-state index contributed by atoms with van der Waals surface area (Å²) in [6, 6.07) is 11.2. The van der Waals surface area contributed by atoms with Gasteiger partial charge < -0.3 is 5.32 Å². The minimum Gasteiger partial charge on any atom is -0.312 e. The molecule has 1 fully saturated rings. The number of aromatic nitrogens is 1. The summed E-state index contributed by atoms with van der Waals surface area (Å²) in [6.07, 6.45) is 1.88. The van der Waals surface area contributed by atoms with Crippen molar-refractivity contribution in [2.75, 3.05) is 19.6 Å². The zero-order chi connectivity index (χ0) is 12.4. The molecular formula is C15H20ClN3. The van der Waals surface area contributed by atoms with Gasteiger partial charge in [0.15, 0.2) is 0 Å². The first-order valence-electron chi connectivity index (χ1n) is 6.61. The van der Waals surface area contributed by atoms with Crippen molar-refractivity contribution in [1.82, 2.24) is 15.2 Å². The number of benzene rings is 1. The second-order valence-corrected chi connectivity index (χ2v) is 5.08. The van der Waals surface area contributed by atoms with Crippen LogP contribution in [0.15, 0.2) is 36.5 Å². The molecule has 4 heteroatoms. The van der Waals surface area contributed by atoms with Crippen LogP contribution >= 0.6 is 12.4 Å². The summed E-state index contributed by atoms with van der Waals surface area (Å²) in [6.45, 7) is 6.56. The van der Waals surface area contributed by atoms with Crippen molar-refractivity contribution < 1.29 is 0 Å². The van der Waals surface area contributed by atoms with Crippen LogP contribution in [0.4, 0.5) is 0 Å². The lowest BCUT2D eigenvalue weighted by molar-refractivity contribution is 0.200. The maximum Gasteiger partial charge on any atom is 0.0746 e. The maximum absolute atomic E-state index is 4.52. The predicted octanol–water partition coefficient (Wildman–Crippen LogP) is 2.45. The molecule has 1 saturated heterocycles. The van der Waals surface area contributed by atoms with Crippen molar-refractivity contribution in [3.05, 3.63) is 42.1 Å². The molecule has 0 radical (unpaired) electrons. The summed E-state index contributed by atoms with van der Waals surface area (Å²) < 4.78 is 0. The quantitative estimate of drug-likeness (QED) is 0.914. The fourth-order valence-corrected chi connectivity index (χ4v) is 2.69. The molecule has 19 heavy (non-hydrogen) atoms. The third kappa shape index (κ3) is 3.24. The van der Waals surface area contributed by atoms with Gasteiger partial charge in [0.05, 0.1) is 5.52 Å². The number of piperazine rings is 1. The normalized spacial score (nSPS) is 20.2. The Labute approximate surface area is 120 Å². The van der Waals surface area contributed by atoms with Gasteiger partial charge in [0.1, 0.15) is 0 Å². The second kappa shape index (κ2) is 6.33. The van der Waals surface area contributed by atoms with Crippen LogP contribution in [0.25, 0.3) is 10.9 Å². The van der Waals surface area contributed by atoms with E-state index in [-0.39, 0.29) is 12.4 Å². The number of para-hydroxylation sites is 1. The highest BCUT2D eigenvalue weighted by Crippen LogP contribution is 2.18. The third-order valence-electron chi connectivity index (χ3n) is 3.56. The Morgan fingerprint density at radius 1 is 1.32 bits per heavy atom. The van der Waals surface area contributed by atoms with Crippen molar-refractivity contribution in [2.24, 2.45) is 0 Å². The standard InChI is InChI=1S/C15H19N3.ClH/c1-12-10-18(9-8-16-12)11-14-5-2-4-13-6-3-7-17-15(13)14;/h2-7,12,16H,8-11H2,1H3;1H. The van der Waals surface area contributed by atoms with Crippen LogP contribution in [-0.2, 0) is 6.54 Å². The molecule has 0 saturated carbocycles. The van der Waals surface area contributed by atoms with E-state index in [0.29, 0.717) is 6.04 Å². The Bertz CT molecular complexity index is 538. The van der Waals surface area contributed by atoms with Gasteiger partial charge in [-0.15, -0.1) is 12.4 Å². The van der Waals surface area contributed by atoms with E-state index in [1.54, 1.807) is 0 Å². The van der Waals surface area contributed by atoms with Crippen LogP contribution in [0.1, 0.15) is 12.5 Å². The first kappa shape index (κ1) is 14.3. The van der Waals surface area contributed by atoms with E-state index in [1.165, 1.54) is 10.9 Å². The third-order valence-corrected chi connectivity index (χ3v) is 3.56. The summed E-state index contributed by atoms with van der Waals surface area (Å²) in [5.74, 6) is 0. The van der Waals surface area contributed by atoms with Gasteiger partial charge in [-0.05, 0) is 18.6 Å². The smallest absolute Gasteiger partial charge is 0.0746 e. The van der Waals surface area contributed by atoms with E-state index >= 15 is 0 Å². The Hall–Kier alpha value is -1.16. The molecule has 3 nitrogen and oxygen atoms in total. The lowest BCUT2D eigenvalue weighted by Gasteiger charge is -2.31. The van der Waals surface area contributed by atoms with Gasteiger partial charge >= 0.3 is 0 Å². The minimum atomic E-state index is 0. The van der Waals surface area contributed by atoms with Gasteiger partial charge in [0.2, 0.25) is 0 Å². The van der Waals surface area contributed by atoms with Gasteiger partial charge in [-0.2, -0.15) is 0 Å². The predicted molar refractivity (Wildman–Crippen MR) is 81.7 cm³/mol. The highest BCUT2D eigenvalue weighted by Gasteiger charge is 2.16. The molecule has 1 atom stereocenters. The van der Waals surface area contributed by atoms with Crippen LogP contribution < -0.4 is 5.32 Å². The second-order valence-electron chi connectivity index (χ2n) is 5.08. The number of hydrogen-bond donors (Lipinski definition) is 1. The number of halogens is 1. The van der Waals surface area contributed by atoms with E-state index in [1.807, 2.05) is 12.3 Å². The van der Waals surface area contributed by atoms with Crippen molar-refractivity contribution in [3.8, 4) is 0 Å². The zero-order valence-electron chi connectivity index (χ0n) is 11.2. The summed E-state index contributed by atoms with van der Waals surface area (Å²) in [7, 11) is 0. The molecule has 1 aromatic carbocycles. The fraction of sp³-hybridized carbons (Fsp3) is 0.400. The molecule has 1 unspecified atom stereocenters. The first-order valence-corrected chi connectivity index (χ1v) is 6.61. The lowest BCUT2D eigenvalue weighted by atomic mass is 10.1. The van der Waals surface area contributed by atoms with E-state index in [2.05, 4.69) is 46.4 Å². The average molecular weight is 278 g/mol. The lowest BCUT2D eigenvalue weighted by Crippen LogP contribution is -2.48. The molecule has 1 aliphatic heterocycles. The minimum absolute atomic E-state index is 0. The number of nitrogens with zero attached hydrogens (tertiary/aromatic N) is 2. The van der Waals surface area contributed by atoms with Crippen LogP contribution in [-0.4, -0.2) is 35.6 Å². The van der Waals surface area contributed by atoms with Gasteiger partial charge in [-0.3, -0.25) is 9.88 Å². The molecule has 0 amide bonds. The van der Waals surface area contributed by atoms with Crippen LogP contribution in [0.5, 0.6) is 0 Å². The van der Waals surface area contributed by atoms with Crippen molar-refractivity contribution in [3.63, 3.8) is 0 Å². The Morgan fingerprint density at radius 3 is 3.00 bits per heavy atom. The SMILES string of the molecule is CC1CN(Cc2cccc3cccnc23)CCN1.Cl. The highest BCUT2D eigenvalue weighted by molar-refractivity contribution is 5.85. The molecule has 1 aliphatic rings. The summed E-state index contributed by atoms with van der Waals surface area (Å²) in [5.41, 5.74) is 2.48. The van der Waals surface area contributed by atoms with Gasteiger partial charge in [-0.1, -0.05) is 24.3 Å². The number of rotatable bonds is 2. The average Bonchev–Trinajstić information content (AvgIpc) is 2.39. The van der Waals surface area contributed by atoms with Crippen molar-refractivity contribution in [1.29, 1.82) is 0 Å². The molecule has 102 valence electrons. The molecular weight excluding hydrogens is 258 g/mol. The summed E-state index contributed by atoms with van der Waals surface area (Å²) >= 11 is 0. The van der Waals surface area contributed by atoms with Crippen molar-refractivity contribution >= 4 is 23.3 Å². The van der Waals surface area contributed by atoms with E-state index < -0.39 is 0 Å². The molecule has 2 aromatic rings. The molecule has 1 N–H and O–H groups in total. The molecule has 0 spiro atoms. The first-order chi connectivity index (χ1) is 8.83. The van der Waals surface area contributed by atoms with Crippen LogP contribution in [0.3, 0.4) is 0 Å². The van der Waals surface area contributed by atoms with Crippen molar-refractivity contribution in [2.45, 2.75) is 19.5 Å². The van der Waals surface area contributed by atoms with E-state index in [9.17, 15) is 0 Å². The number of pyridine rings is 1. The van der Waals surface area contributed by atoms with Gasteiger partial charge in [0, 0.05) is 43.8 Å². The maximum atomic E-state index is 4.52. The summed E-state index contributed by atoms with van der Waals surface area (Å²) in [5, 5.41) is 4.71. The Morgan fingerprint density at radius 2 is 2.16 bits per heavy atom. The number of hydrogen-bond acceptors (Lipinski definition) is 3. The number of nitrogens with one attached hydrogen (secondary N) is 1. The largest absolute Gasteiger partial charge is 0.312 e. The monoisotopic (exact) mass is 277 g/mol. The summed E-state index contributed by atoms with van der Waals surface area (Å²) in [4.78, 5) is 7.03. The Balaban J connectivity index is 0.00000133. The topological polar surface area (TPSA) is 28.2 Å². The molecule has 0 aliphatic carbocycles. The molecule has 1 aromatic heterocycles. The molecule has 2 heterocycles. The highest BCUT2D eigenvalue weighted by atomic mass is 35.5. The van der Waals surface area contributed by atoms with Crippen LogP contribution in [0, 0.1) is 0 Å². The van der Waals surface area contributed by atoms with Crippen LogP contribution in [0.2, 0.25) is 0 Å². The van der Waals surface area contributed by atoms with E-state index in [4.69, 9.17) is 0 Å². The van der Waals surface area contributed by atoms with Gasteiger partial charge in [-0.25, -0.2) is 0 Å².